The lowest BCUT2D eigenvalue weighted by Crippen LogP contribution is -2.31. The zero-order chi connectivity index (χ0) is 14.4. The molecule has 0 saturated carbocycles. The van der Waals surface area contributed by atoms with Gasteiger partial charge in [0.15, 0.2) is 11.5 Å². The van der Waals surface area contributed by atoms with Crippen molar-refractivity contribution in [1.29, 1.82) is 0 Å². The number of anilines is 1. The Hall–Kier alpha value is -1.91. The van der Waals surface area contributed by atoms with E-state index in [2.05, 4.69) is 0 Å². The monoisotopic (exact) mass is 266 g/mol. The van der Waals surface area contributed by atoms with E-state index in [1.165, 1.54) is 0 Å². The fourth-order valence-corrected chi connectivity index (χ4v) is 1.94. The fourth-order valence-electron chi connectivity index (χ4n) is 1.94. The molecule has 0 atom stereocenters. The van der Waals surface area contributed by atoms with Crippen molar-refractivity contribution in [3.63, 3.8) is 0 Å². The van der Waals surface area contributed by atoms with Crippen molar-refractivity contribution in [3.8, 4) is 11.5 Å². The predicted molar refractivity (Wildman–Crippen MR) is 75.6 cm³/mol. The second-order valence-corrected chi connectivity index (χ2v) is 4.15. The summed E-state index contributed by atoms with van der Waals surface area (Å²) in [4.78, 5) is 13.9. The number of hydrogen-bond acceptors (Lipinski definition) is 4. The number of carbonyl (C=O) groups excluding carboxylic acids is 1. The topological polar surface area (TPSA) is 64.8 Å². The molecule has 5 heteroatoms. The molecule has 0 fully saturated rings. The number of benzene rings is 1. The summed E-state index contributed by atoms with van der Waals surface area (Å²) in [5, 5.41) is 0. The van der Waals surface area contributed by atoms with Gasteiger partial charge in [0.1, 0.15) is 0 Å². The molecule has 1 aromatic carbocycles. The highest BCUT2D eigenvalue weighted by molar-refractivity contribution is 5.81. The van der Waals surface area contributed by atoms with Crippen LogP contribution in [-0.4, -0.2) is 38.1 Å². The Bertz CT molecular complexity index is 443. The number of nitrogen functional groups attached to an aromatic ring is 1. The summed E-state index contributed by atoms with van der Waals surface area (Å²) in [5.74, 6) is 1.21. The number of nitrogens with zero attached hydrogens (tertiary/aromatic N) is 1. The SMILES string of the molecule is CCN(CC)C(=O)Cc1cc(OC)c(OC)cc1N. The van der Waals surface area contributed by atoms with E-state index in [1.807, 2.05) is 13.8 Å². The summed E-state index contributed by atoms with van der Waals surface area (Å²) in [5.41, 5.74) is 7.24. The van der Waals surface area contributed by atoms with Gasteiger partial charge in [0.05, 0.1) is 20.6 Å². The molecule has 19 heavy (non-hydrogen) atoms. The largest absolute Gasteiger partial charge is 0.493 e. The van der Waals surface area contributed by atoms with Gasteiger partial charge in [-0.15, -0.1) is 0 Å². The molecule has 0 heterocycles. The van der Waals surface area contributed by atoms with Crippen molar-refractivity contribution >= 4 is 11.6 Å². The summed E-state index contributed by atoms with van der Waals surface area (Å²) >= 11 is 0. The third kappa shape index (κ3) is 3.53. The van der Waals surface area contributed by atoms with E-state index in [-0.39, 0.29) is 12.3 Å². The van der Waals surface area contributed by atoms with Crippen molar-refractivity contribution in [2.45, 2.75) is 20.3 Å². The Morgan fingerprint density at radius 3 is 2.16 bits per heavy atom. The van der Waals surface area contributed by atoms with Crippen LogP contribution < -0.4 is 15.2 Å². The zero-order valence-corrected chi connectivity index (χ0v) is 12.0. The Balaban J connectivity index is 2.98. The zero-order valence-electron chi connectivity index (χ0n) is 12.0. The predicted octanol–water partition coefficient (Wildman–Crippen LogP) is 1.70. The minimum atomic E-state index is 0.0592. The van der Waals surface area contributed by atoms with Gasteiger partial charge in [-0.3, -0.25) is 4.79 Å². The number of ether oxygens (including phenoxy) is 2. The van der Waals surface area contributed by atoms with Crippen LogP contribution in [0.5, 0.6) is 11.5 Å². The van der Waals surface area contributed by atoms with Crippen molar-refractivity contribution in [2.75, 3.05) is 33.0 Å². The highest BCUT2D eigenvalue weighted by Gasteiger charge is 2.15. The van der Waals surface area contributed by atoms with Gasteiger partial charge >= 0.3 is 0 Å². The molecule has 0 aromatic heterocycles. The van der Waals surface area contributed by atoms with E-state index in [9.17, 15) is 4.79 Å². The van der Waals surface area contributed by atoms with Crippen LogP contribution in [0.25, 0.3) is 0 Å². The number of methoxy groups -OCH3 is 2. The molecule has 0 saturated heterocycles. The maximum Gasteiger partial charge on any atom is 0.227 e. The van der Waals surface area contributed by atoms with Gasteiger partial charge in [-0.1, -0.05) is 0 Å². The molecular weight excluding hydrogens is 244 g/mol. The molecule has 2 N–H and O–H groups in total. The highest BCUT2D eigenvalue weighted by Crippen LogP contribution is 2.32. The van der Waals surface area contributed by atoms with Crippen LogP contribution in [-0.2, 0) is 11.2 Å². The number of likely N-dealkylation sites (N-methyl/N-ethyl adjacent to an activating group) is 1. The Kier molecular flexibility index (Phi) is 5.48. The van der Waals surface area contributed by atoms with Crippen LogP contribution >= 0.6 is 0 Å². The second-order valence-electron chi connectivity index (χ2n) is 4.15. The summed E-state index contributed by atoms with van der Waals surface area (Å²) in [6, 6.07) is 3.44. The van der Waals surface area contributed by atoms with Crippen LogP contribution in [0.2, 0.25) is 0 Å². The van der Waals surface area contributed by atoms with E-state index < -0.39 is 0 Å². The maximum atomic E-state index is 12.1. The molecule has 0 unspecified atom stereocenters. The molecule has 1 amide bonds. The van der Waals surface area contributed by atoms with E-state index in [0.717, 1.165) is 5.56 Å². The minimum Gasteiger partial charge on any atom is -0.493 e. The van der Waals surface area contributed by atoms with Gasteiger partial charge in [0, 0.05) is 24.8 Å². The summed E-state index contributed by atoms with van der Waals surface area (Å²) < 4.78 is 10.4. The lowest BCUT2D eigenvalue weighted by atomic mass is 10.1. The quantitative estimate of drug-likeness (QED) is 0.796. The van der Waals surface area contributed by atoms with Crippen LogP contribution in [0.15, 0.2) is 12.1 Å². The third-order valence-corrected chi connectivity index (χ3v) is 3.10. The molecule has 0 spiro atoms. The minimum absolute atomic E-state index is 0.0592. The van der Waals surface area contributed by atoms with Gasteiger partial charge < -0.3 is 20.1 Å². The molecule has 106 valence electrons. The first kappa shape index (κ1) is 15.1. The van der Waals surface area contributed by atoms with Crippen molar-refractivity contribution in [1.82, 2.24) is 4.90 Å². The van der Waals surface area contributed by atoms with Crippen molar-refractivity contribution in [3.05, 3.63) is 17.7 Å². The number of amides is 1. The van der Waals surface area contributed by atoms with E-state index in [0.29, 0.717) is 30.3 Å². The smallest absolute Gasteiger partial charge is 0.227 e. The van der Waals surface area contributed by atoms with Gasteiger partial charge in [-0.25, -0.2) is 0 Å². The van der Waals surface area contributed by atoms with Crippen LogP contribution in [0.1, 0.15) is 19.4 Å². The Morgan fingerprint density at radius 2 is 1.68 bits per heavy atom. The summed E-state index contributed by atoms with van der Waals surface area (Å²) in [7, 11) is 3.11. The molecular formula is C14H22N2O3. The van der Waals surface area contributed by atoms with E-state index in [1.54, 1.807) is 31.3 Å². The molecule has 1 rings (SSSR count). The van der Waals surface area contributed by atoms with Gasteiger partial charge in [-0.2, -0.15) is 0 Å². The van der Waals surface area contributed by atoms with E-state index in [4.69, 9.17) is 15.2 Å². The van der Waals surface area contributed by atoms with Gasteiger partial charge in [-0.05, 0) is 25.5 Å². The van der Waals surface area contributed by atoms with Crippen LogP contribution in [0.4, 0.5) is 5.69 Å². The molecule has 0 aliphatic heterocycles. The molecule has 0 bridgehead atoms. The highest BCUT2D eigenvalue weighted by atomic mass is 16.5. The summed E-state index contributed by atoms with van der Waals surface area (Å²) in [6.45, 7) is 5.31. The first-order valence-corrected chi connectivity index (χ1v) is 6.35. The standard InChI is InChI=1S/C14H22N2O3/c1-5-16(6-2)14(17)8-10-7-12(18-3)13(19-4)9-11(10)15/h7,9H,5-6,8,15H2,1-4H3. The number of rotatable bonds is 6. The lowest BCUT2D eigenvalue weighted by Gasteiger charge is -2.19. The number of nitrogens with two attached hydrogens (primary N) is 1. The number of carbonyl (C=O) groups is 1. The first-order valence-electron chi connectivity index (χ1n) is 6.35. The molecule has 0 aliphatic rings. The molecule has 5 nitrogen and oxygen atoms in total. The van der Waals surface area contributed by atoms with E-state index >= 15 is 0 Å². The third-order valence-electron chi connectivity index (χ3n) is 3.10. The Labute approximate surface area is 114 Å². The van der Waals surface area contributed by atoms with Crippen LogP contribution in [0.3, 0.4) is 0 Å². The van der Waals surface area contributed by atoms with Crippen molar-refractivity contribution in [2.24, 2.45) is 0 Å². The first-order chi connectivity index (χ1) is 9.07. The molecule has 0 aliphatic carbocycles. The normalized spacial score (nSPS) is 10.1. The summed E-state index contributed by atoms with van der Waals surface area (Å²) in [6.07, 6.45) is 0.272. The van der Waals surface area contributed by atoms with Crippen molar-refractivity contribution < 1.29 is 14.3 Å². The molecule has 0 radical (unpaired) electrons. The van der Waals surface area contributed by atoms with Gasteiger partial charge in [0.2, 0.25) is 5.91 Å². The number of hydrogen-bond donors (Lipinski definition) is 1. The van der Waals surface area contributed by atoms with Gasteiger partial charge in [0.25, 0.3) is 0 Å². The second kappa shape index (κ2) is 6.87. The van der Waals surface area contributed by atoms with Crippen LogP contribution in [0, 0.1) is 0 Å². The lowest BCUT2D eigenvalue weighted by molar-refractivity contribution is -0.130. The average molecular weight is 266 g/mol. The molecule has 1 aromatic rings. The maximum absolute atomic E-state index is 12.1. The average Bonchev–Trinajstić information content (AvgIpc) is 2.41. The Morgan fingerprint density at radius 1 is 1.16 bits per heavy atom. The fraction of sp³-hybridized carbons (Fsp3) is 0.500.